The Kier molecular flexibility index (Phi) is 12.5. The first kappa shape index (κ1) is 28.7. The van der Waals surface area contributed by atoms with E-state index >= 15 is 0 Å². The molecular formula is C32H42FNO3. The molecule has 200 valence electrons. The molecule has 0 bridgehead atoms. The first-order valence-corrected chi connectivity index (χ1v) is 14.2. The number of esters is 1. The van der Waals surface area contributed by atoms with Gasteiger partial charge in [0.25, 0.3) is 0 Å². The van der Waals surface area contributed by atoms with Crippen molar-refractivity contribution in [3.63, 3.8) is 0 Å². The summed E-state index contributed by atoms with van der Waals surface area (Å²) in [5, 5.41) is 8.81. The predicted octanol–water partition coefficient (Wildman–Crippen LogP) is 9.02. The summed E-state index contributed by atoms with van der Waals surface area (Å²) < 4.78 is 25.0. The number of hydrogen-bond acceptors (Lipinski definition) is 4. The number of halogens is 1. The van der Waals surface area contributed by atoms with Gasteiger partial charge in [0.2, 0.25) is 0 Å². The monoisotopic (exact) mass is 507 g/mol. The minimum atomic E-state index is -0.742. The summed E-state index contributed by atoms with van der Waals surface area (Å²) in [5.74, 6) is 0.887. The van der Waals surface area contributed by atoms with E-state index in [9.17, 15) is 9.18 Å². The van der Waals surface area contributed by atoms with E-state index in [1.54, 1.807) is 24.3 Å². The molecule has 0 unspecified atom stereocenters. The van der Waals surface area contributed by atoms with E-state index in [0.29, 0.717) is 17.9 Å². The fourth-order valence-electron chi connectivity index (χ4n) is 5.26. The fourth-order valence-corrected chi connectivity index (χ4v) is 5.26. The molecule has 5 heteroatoms. The Morgan fingerprint density at radius 1 is 0.892 bits per heavy atom. The van der Waals surface area contributed by atoms with Crippen LogP contribution in [0.1, 0.15) is 113 Å². The van der Waals surface area contributed by atoms with Crippen molar-refractivity contribution in [2.45, 2.75) is 96.8 Å². The average Bonchev–Trinajstić information content (AvgIpc) is 2.92. The number of carbonyl (C=O) groups is 1. The topological polar surface area (TPSA) is 59.3 Å². The highest BCUT2D eigenvalue weighted by atomic mass is 19.1. The van der Waals surface area contributed by atoms with E-state index < -0.39 is 11.8 Å². The van der Waals surface area contributed by atoms with Crippen LogP contribution in [-0.2, 0) is 0 Å². The molecule has 0 radical (unpaired) electrons. The third kappa shape index (κ3) is 10.2. The maximum atomic E-state index is 14.0. The van der Waals surface area contributed by atoms with E-state index in [2.05, 4.69) is 6.92 Å². The smallest absolute Gasteiger partial charge is 0.343 e. The van der Waals surface area contributed by atoms with Crippen LogP contribution in [0.3, 0.4) is 0 Å². The predicted molar refractivity (Wildman–Crippen MR) is 145 cm³/mol. The van der Waals surface area contributed by atoms with Gasteiger partial charge in [0, 0.05) is 0 Å². The number of unbranched alkanes of at least 4 members (excludes halogenated alkanes) is 6. The van der Waals surface area contributed by atoms with Crippen molar-refractivity contribution in [2.24, 2.45) is 11.8 Å². The minimum Gasteiger partial charge on any atom is -0.494 e. The van der Waals surface area contributed by atoms with Crippen LogP contribution in [0.15, 0.2) is 42.5 Å². The number of nitrogens with zero attached hydrogens (tertiary/aromatic N) is 1. The van der Waals surface area contributed by atoms with Crippen LogP contribution in [0.5, 0.6) is 11.5 Å². The van der Waals surface area contributed by atoms with Crippen LogP contribution >= 0.6 is 0 Å². The molecule has 2 aromatic carbocycles. The van der Waals surface area contributed by atoms with Crippen molar-refractivity contribution >= 4 is 5.97 Å². The molecule has 0 amide bonds. The Morgan fingerprint density at radius 3 is 2.14 bits per heavy atom. The Labute approximate surface area is 222 Å². The lowest BCUT2D eigenvalue weighted by molar-refractivity contribution is 0.0728. The van der Waals surface area contributed by atoms with E-state index in [1.165, 1.54) is 95.6 Å². The molecule has 0 atom stereocenters. The Bertz CT molecular complexity index is 990. The maximum Gasteiger partial charge on any atom is 0.343 e. The van der Waals surface area contributed by atoms with Gasteiger partial charge in [0.15, 0.2) is 11.6 Å². The molecule has 4 nitrogen and oxygen atoms in total. The molecule has 1 aliphatic rings. The Morgan fingerprint density at radius 2 is 1.51 bits per heavy atom. The highest BCUT2D eigenvalue weighted by Gasteiger charge is 2.20. The van der Waals surface area contributed by atoms with Gasteiger partial charge in [-0.1, -0.05) is 84.0 Å². The SMILES string of the molecule is CCCCCCCCCC1CCC(CCCOc2ccc(C(=O)Oc3ccc(C#N)cc3F)cc2)CC1. The first-order chi connectivity index (χ1) is 18.1. The number of benzene rings is 2. The average molecular weight is 508 g/mol. The molecule has 1 fully saturated rings. The molecule has 0 N–H and O–H groups in total. The third-order valence-electron chi connectivity index (χ3n) is 7.56. The van der Waals surface area contributed by atoms with Gasteiger partial charge in [-0.05, 0) is 67.1 Å². The zero-order valence-electron chi connectivity index (χ0n) is 22.4. The number of ether oxygens (including phenoxy) is 2. The van der Waals surface area contributed by atoms with Crippen LogP contribution in [0, 0.1) is 29.0 Å². The molecule has 0 aliphatic heterocycles. The van der Waals surface area contributed by atoms with Gasteiger partial charge in [-0.2, -0.15) is 5.26 Å². The van der Waals surface area contributed by atoms with Crippen molar-refractivity contribution in [2.75, 3.05) is 6.61 Å². The fraction of sp³-hybridized carbons (Fsp3) is 0.562. The molecule has 0 saturated heterocycles. The summed E-state index contributed by atoms with van der Waals surface area (Å²) in [6, 6.07) is 12.3. The second-order valence-corrected chi connectivity index (χ2v) is 10.5. The highest BCUT2D eigenvalue weighted by molar-refractivity contribution is 5.91. The minimum absolute atomic E-state index is 0.172. The second kappa shape index (κ2) is 16.1. The van der Waals surface area contributed by atoms with Crippen molar-refractivity contribution in [1.82, 2.24) is 0 Å². The van der Waals surface area contributed by atoms with Gasteiger partial charge in [0.05, 0.1) is 23.8 Å². The Balaban J connectivity index is 1.27. The van der Waals surface area contributed by atoms with Crippen LogP contribution in [0.25, 0.3) is 0 Å². The van der Waals surface area contributed by atoms with E-state index in [4.69, 9.17) is 14.7 Å². The van der Waals surface area contributed by atoms with Crippen LogP contribution in [0.4, 0.5) is 4.39 Å². The first-order valence-electron chi connectivity index (χ1n) is 14.2. The summed E-state index contributed by atoms with van der Waals surface area (Å²) in [6.07, 6.45) is 19.0. The summed E-state index contributed by atoms with van der Waals surface area (Å²) in [7, 11) is 0. The normalized spacial score (nSPS) is 17.2. The zero-order chi connectivity index (χ0) is 26.3. The lowest BCUT2D eigenvalue weighted by Crippen LogP contribution is -2.15. The van der Waals surface area contributed by atoms with Gasteiger partial charge in [-0.3, -0.25) is 0 Å². The molecule has 3 rings (SSSR count). The van der Waals surface area contributed by atoms with Gasteiger partial charge >= 0.3 is 5.97 Å². The zero-order valence-corrected chi connectivity index (χ0v) is 22.4. The molecule has 1 saturated carbocycles. The van der Waals surface area contributed by atoms with Crippen LogP contribution in [0.2, 0.25) is 0 Å². The quantitative estimate of drug-likeness (QED) is 0.137. The lowest BCUT2D eigenvalue weighted by atomic mass is 9.78. The summed E-state index contributed by atoms with van der Waals surface area (Å²) >= 11 is 0. The van der Waals surface area contributed by atoms with E-state index in [1.807, 2.05) is 6.07 Å². The van der Waals surface area contributed by atoms with Crippen molar-refractivity contribution in [3.05, 3.63) is 59.4 Å². The molecule has 0 spiro atoms. The van der Waals surface area contributed by atoms with E-state index in [0.717, 1.165) is 24.3 Å². The molecule has 0 heterocycles. The Hall–Kier alpha value is -2.87. The third-order valence-corrected chi connectivity index (χ3v) is 7.56. The number of hydrogen-bond donors (Lipinski definition) is 0. The molecular weight excluding hydrogens is 465 g/mol. The second-order valence-electron chi connectivity index (χ2n) is 10.5. The maximum absolute atomic E-state index is 14.0. The largest absolute Gasteiger partial charge is 0.494 e. The van der Waals surface area contributed by atoms with Crippen LogP contribution < -0.4 is 9.47 Å². The number of nitriles is 1. The highest BCUT2D eigenvalue weighted by Crippen LogP contribution is 2.34. The molecule has 2 aromatic rings. The van der Waals surface area contributed by atoms with Gasteiger partial charge in [0.1, 0.15) is 5.75 Å². The van der Waals surface area contributed by atoms with E-state index in [-0.39, 0.29) is 11.3 Å². The van der Waals surface area contributed by atoms with Gasteiger partial charge in [-0.15, -0.1) is 0 Å². The standard InChI is InChI=1S/C32H42FNO3/c1-2-3-4-5-6-7-8-10-25-12-14-26(15-13-25)11-9-22-36-29-19-17-28(18-20-29)32(35)37-31-21-16-27(24-34)23-30(31)33/h16-21,23,25-26H,2-15,22H2,1H3. The van der Waals surface area contributed by atoms with Gasteiger partial charge in [-0.25, -0.2) is 9.18 Å². The van der Waals surface area contributed by atoms with Crippen LogP contribution in [-0.4, -0.2) is 12.6 Å². The summed E-state index contributed by atoms with van der Waals surface area (Å²) in [4.78, 5) is 12.3. The summed E-state index contributed by atoms with van der Waals surface area (Å²) in [5.41, 5.74) is 0.481. The van der Waals surface area contributed by atoms with Crippen molar-refractivity contribution in [3.8, 4) is 17.6 Å². The summed E-state index contributed by atoms with van der Waals surface area (Å²) in [6.45, 7) is 2.94. The van der Waals surface area contributed by atoms with Crippen molar-refractivity contribution < 1.29 is 18.7 Å². The molecule has 37 heavy (non-hydrogen) atoms. The molecule has 0 aromatic heterocycles. The number of carbonyl (C=O) groups excluding carboxylic acids is 1. The van der Waals surface area contributed by atoms with Gasteiger partial charge < -0.3 is 9.47 Å². The number of rotatable bonds is 15. The lowest BCUT2D eigenvalue weighted by Gasteiger charge is -2.28. The van der Waals surface area contributed by atoms with Crippen molar-refractivity contribution in [1.29, 1.82) is 5.26 Å². The molecule has 1 aliphatic carbocycles.